The number of pyridine rings is 1. The Balaban J connectivity index is 1.52. The number of aromatic nitrogens is 1. The Kier molecular flexibility index (Phi) is 10.2. The van der Waals surface area contributed by atoms with Crippen LogP contribution in [0.2, 0.25) is 0 Å². The van der Waals surface area contributed by atoms with Gasteiger partial charge >= 0.3 is 5.97 Å². The van der Waals surface area contributed by atoms with Gasteiger partial charge < -0.3 is 30.5 Å². The molecule has 3 rings (SSSR count). The molecule has 0 bridgehead atoms. The van der Waals surface area contributed by atoms with Gasteiger partial charge in [-0.05, 0) is 24.3 Å². The molecule has 2 atom stereocenters. The number of aliphatic carboxylic acids is 1. The second-order valence-corrected chi connectivity index (χ2v) is 8.97. The van der Waals surface area contributed by atoms with E-state index in [1.807, 2.05) is 0 Å². The summed E-state index contributed by atoms with van der Waals surface area (Å²) in [5.41, 5.74) is 0.791. The van der Waals surface area contributed by atoms with Crippen molar-refractivity contribution in [2.45, 2.75) is 37.5 Å². The van der Waals surface area contributed by atoms with Gasteiger partial charge in [-0.1, -0.05) is 0 Å². The number of alkyl halides is 2. The van der Waals surface area contributed by atoms with Gasteiger partial charge in [-0.3, -0.25) is 29.5 Å². The predicted octanol–water partition coefficient (Wildman–Crippen LogP) is 0.0511. The number of ether oxygens (including phenoxy) is 1. The number of nitrogens with one attached hydrogen (secondary N) is 3. The molecule has 2 aromatic rings. The number of carboxylic acids is 1. The molecule has 0 aliphatic carbocycles. The van der Waals surface area contributed by atoms with Crippen molar-refractivity contribution in [2.75, 3.05) is 32.8 Å². The number of nitriles is 1. The number of rotatable bonds is 13. The van der Waals surface area contributed by atoms with E-state index in [1.165, 1.54) is 18.3 Å². The van der Waals surface area contributed by atoms with Gasteiger partial charge in [0.15, 0.2) is 6.61 Å². The smallest absolute Gasteiger partial charge is 0.303 e. The highest BCUT2D eigenvalue weighted by molar-refractivity contribution is 5.84. The summed E-state index contributed by atoms with van der Waals surface area (Å²) in [6, 6.07) is 6.64. The number of carbonyl (C=O) groups excluding carboxylic acids is 3. The summed E-state index contributed by atoms with van der Waals surface area (Å²) in [5, 5.41) is 36.4. The minimum absolute atomic E-state index is 0.105. The van der Waals surface area contributed by atoms with Gasteiger partial charge in [-0.2, -0.15) is 5.26 Å². The predicted molar refractivity (Wildman–Crippen MR) is 134 cm³/mol. The molecule has 214 valence electrons. The molecule has 1 unspecified atom stereocenters. The molecule has 0 radical (unpaired) electrons. The summed E-state index contributed by atoms with van der Waals surface area (Å²) in [4.78, 5) is 51.4. The quantitative estimate of drug-likeness (QED) is 0.164. The average Bonchev–Trinajstić information content (AvgIpc) is 3.25. The molecule has 1 fully saturated rings. The lowest BCUT2D eigenvalue weighted by molar-refractivity contribution is -0.138. The number of nitrogens with zero attached hydrogens (tertiary/aromatic N) is 3. The summed E-state index contributed by atoms with van der Waals surface area (Å²) >= 11 is 0. The summed E-state index contributed by atoms with van der Waals surface area (Å²) in [6.45, 7) is -1.50. The number of halogens is 2. The van der Waals surface area contributed by atoms with E-state index in [2.05, 4.69) is 20.9 Å². The van der Waals surface area contributed by atoms with Crippen LogP contribution >= 0.6 is 0 Å². The first kappa shape index (κ1) is 30.1. The third-order valence-electron chi connectivity index (χ3n) is 5.93. The Hall–Kier alpha value is -4.42. The molecular weight excluding hydrogens is 534 g/mol. The van der Waals surface area contributed by atoms with Crippen molar-refractivity contribution in [3.8, 4) is 11.8 Å². The minimum Gasteiger partial charge on any atom is -0.484 e. The first-order valence-electron chi connectivity index (χ1n) is 12.2. The lowest BCUT2D eigenvalue weighted by Crippen LogP contribution is -2.42. The number of likely N-dealkylation sites (tertiary alicyclic amines) is 1. The number of hydrogen-bond donors (Lipinski definition) is 5. The van der Waals surface area contributed by atoms with Crippen molar-refractivity contribution >= 4 is 34.6 Å². The van der Waals surface area contributed by atoms with Crippen LogP contribution in [0.4, 0.5) is 8.78 Å². The third-order valence-corrected chi connectivity index (χ3v) is 5.93. The van der Waals surface area contributed by atoms with Crippen LogP contribution in [-0.4, -0.2) is 88.5 Å². The van der Waals surface area contributed by atoms with E-state index >= 15 is 0 Å². The molecule has 40 heavy (non-hydrogen) atoms. The van der Waals surface area contributed by atoms with Gasteiger partial charge in [0.1, 0.15) is 18.0 Å². The number of carbonyl (C=O) groups is 4. The maximum Gasteiger partial charge on any atom is 0.303 e. The fourth-order valence-electron chi connectivity index (χ4n) is 3.98. The van der Waals surface area contributed by atoms with Crippen LogP contribution in [0.5, 0.6) is 5.75 Å². The van der Waals surface area contributed by atoms with Gasteiger partial charge in [0.25, 0.3) is 11.8 Å². The van der Waals surface area contributed by atoms with Crippen molar-refractivity contribution in [2.24, 2.45) is 0 Å². The van der Waals surface area contributed by atoms with Crippen LogP contribution < -0.4 is 20.7 Å². The number of aliphatic hydroxyl groups is 1. The molecule has 1 aliphatic heterocycles. The first-order chi connectivity index (χ1) is 19.0. The van der Waals surface area contributed by atoms with Gasteiger partial charge in [-0.25, -0.2) is 8.78 Å². The van der Waals surface area contributed by atoms with Gasteiger partial charge in [0.05, 0.1) is 31.1 Å². The molecule has 1 aromatic heterocycles. The van der Waals surface area contributed by atoms with E-state index in [0.717, 1.165) is 4.90 Å². The summed E-state index contributed by atoms with van der Waals surface area (Å²) in [6.07, 6.45) is -1.14. The van der Waals surface area contributed by atoms with Crippen LogP contribution in [0.25, 0.3) is 10.9 Å². The van der Waals surface area contributed by atoms with Crippen molar-refractivity contribution in [1.29, 1.82) is 5.26 Å². The number of amides is 3. The number of fused-ring (bicyclic) bond motifs is 1. The number of aliphatic hydroxyl groups excluding tert-OH is 1. The van der Waals surface area contributed by atoms with E-state index in [1.54, 1.807) is 18.2 Å². The van der Waals surface area contributed by atoms with Gasteiger partial charge in [0, 0.05) is 43.1 Å². The van der Waals surface area contributed by atoms with Crippen molar-refractivity contribution < 1.29 is 42.9 Å². The Morgan fingerprint density at radius 2 is 1.90 bits per heavy atom. The highest BCUT2D eigenvalue weighted by Gasteiger charge is 2.47. The lowest BCUT2D eigenvalue weighted by atomic mass is 10.1. The summed E-state index contributed by atoms with van der Waals surface area (Å²) in [5.74, 6) is -5.63. The van der Waals surface area contributed by atoms with Crippen molar-refractivity contribution in [3.05, 3.63) is 36.0 Å². The average molecular weight is 563 g/mol. The fraction of sp³-hybridized carbons (Fsp3) is 0.440. The van der Waals surface area contributed by atoms with E-state index in [0.29, 0.717) is 16.5 Å². The monoisotopic (exact) mass is 562 g/mol. The maximum atomic E-state index is 13.6. The molecule has 0 spiro atoms. The fourth-order valence-corrected chi connectivity index (χ4v) is 3.98. The zero-order chi connectivity index (χ0) is 29.3. The van der Waals surface area contributed by atoms with E-state index < -0.39 is 61.4 Å². The topological polar surface area (TPSA) is 194 Å². The normalized spacial score (nSPS) is 16.6. The molecule has 15 heteroatoms. The molecule has 1 aliphatic rings. The van der Waals surface area contributed by atoms with Crippen LogP contribution in [0, 0.1) is 11.3 Å². The first-order valence-corrected chi connectivity index (χ1v) is 12.2. The van der Waals surface area contributed by atoms with Gasteiger partial charge in [-0.15, -0.1) is 0 Å². The lowest BCUT2D eigenvalue weighted by Gasteiger charge is -2.21. The molecule has 13 nitrogen and oxygen atoms in total. The molecule has 1 saturated heterocycles. The van der Waals surface area contributed by atoms with E-state index in [9.17, 15) is 33.1 Å². The third kappa shape index (κ3) is 8.55. The second-order valence-electron chi connectivity index (χ2n) is 8.97. The van der Waals surface area contributed by atoms with Gasteiger partial charge in [0.2, 0.25) is 11.8 Å². The SMILES string of the molecule is N#C[C@@H]1CC(F)(F)CN1C(=O)CNC(O)c1ccnc2ccc(OCC(=O)NCCNC(=O)CCC(=O)O)cc12. The minimum atomic E-state index is -3.15. The maximum absolute atomic E-state index is 13.6. The van der Waals surface area contributed by atoms with Crippen LogP contribution in [0.1, 0.15) is 31.1 Å². The molecular formula is C25H28F2N6O7. The Labute approximate surface area is 227 Å². The van der Waals surface area contributed by atoms with E-state index in [-0.39, 0.29) is 38.3 Å². The molecule has 1 aromatic carbocycles. The van der Waals surface area contributed by atoms with Crippen molar-refractivity contribution in [3.63, 3.8) is 0 Å². The highest BCUT2D eigenvalue weighted by atomic mass is 19.3. The van der Waals surface area contributed by atoms with E-state index in [4.69, 9.17) is 15.1 Å². The largest absolute Gasteiger partial charge is 0.484 e. The Bertz CT molecular complexity index is 1300. The van der Waals surface area contributed by atoms with Crippen molar-refractivity contribution in [1.82, 2.24) is 25.8 Å². The summed E-state index contributed by atoms with van der Waals surface area (Å²) in [7, 11) is 0. The number of hydrogen-bond acceptors (Lipinski definition) is 9. The second kappa shape index (κ2) is 13.6. The molecule has 2 heterocycles. The Morgan fingerprint density at radius 1 is 1.18 bits per heavy atom. The zero-order valence-corrected chi connectivity index (χ0v) is 21.2. The molecule has 3 amide bonds. The number of benzene rings is 1. The highest BCUT2D eigenvalue weighted by Crippen LogP contribution is 2.32. The molecule has 5 N–H and O–H groups in total. The summed E-state index contributed by atoms with van der Waals surface area (Å²) < 4.78 is 32.8. The molecule has 0 saturated carbocycles. The zero-order valence-electron chi connectivity index (χ0n) is 21.2. The van der Waals surface area contributed by atoms with Crippen LogP contribution in [0.3, 0.4) is 0 Å². The van der Waals surface area contributed by atoms with Crippen LogP contribution in [0.15, 0.2) is 30.5 Å². The number of carboxylic acid groups (broad SMARTS) is 1. The standard InChI is InChI=1S/C25H28F2N6O7/c26-25(27)10-15(11-28)33(14-25)22(36)12-32-24(39)17-5-6-29-19-2-1-16(9-18(17)19)40-13-21(35)31-8-7-30-20(34)3-4-23(37)38/h1-2,5-6,9,15,24,32,39H,3-4,7-8,10,12-14H2,(H,30,34)(H,31,35)(H,37,38)/t15-,24?/m0/s1. The van der Waals surface area contributed by atoms with Crippen LogP contribution in [-0.2, 0) is 19.2 Å². The Morgan fingerprint density at radius 3 is 2.60 bits per heavy atom.